The first kappa shape index (κ1) is 25.8. The van der Waals surface area contributed by atoms with Gasteiger partial charge in [-0.05, 0) is 26.3 Å². The third-order valence-electron chi connectivity index (χ3n) is 6.37. The van der Waals surface area contributed by atoms with Crippen molar-refractivity contribution in [2.45, 2.75) is 38.1 Å². The molecule has 2 atom stereocenters. The summed E-state index contributed by atoms with van der Waals surface area (Å²) in [5.41, 5.74) is -0.288. The number of carbonyl (C=O) groups excluding carboxylic acids is 1. The molecule has 0 saturated carbocycles. The SMILES string of the molecule is C=CC(=O)NC1CCOCC1Cc1ncc2oc(C(C)(C)c3c(F)c(OC)cc(OC)c3Cl)nc2n1. The number of fused-ring (bicyclic) bond motifs is 1. The van der Waals surface area contributed by atoms with Crippen molar-refractivity contribution in [1.29, 1.82) is 0 Å². The number of halogens is 2. The summed E-state index contributed by atoms with van der Waals surface area (Å²) < 4.78 is 37.4. The molecule has 2 aromatic heterocycles. The van der Waals surface area contributed by atoms with E-state index in [-0.39, 0.29) is 45.8 Å². The van der Waals surface area contributed by atoms with Gasteiger partial charge >= 0.3 is 0 Å². The van der Waals surface area contributed by atoms with Crippen LogP contribution in [0.2, 0.25) is 5.02 Å². The molecule has 0 radical (unpaired) electrons. The molecule has 2 unspecified atom stereocenters. The van der Waals surface area contributed by atoms with Gasteiger partial charge in [-0.15, -0.1) is 0 Å². The summed E-state index contributed by atoms with van der Waals surface area (Å²) in [4.78, 5) is 25.4. The largest absolute Gasteiger partial charge is 0.495 e. The van der Waals surface area contributed by atoms with E-state index >= 15 is 4.39 Å². The fraction of sp³-hybridized carbons (Fsp3) is 0.440. The topological polar surface area (TPSA) is 109 Å². The second-order valence-corrected chi connectivity index (χ2v) is 9.43. The molecule has 36 heavy (non-hydrogen) atoms. The lowest BCUT2D eigenvalue weighted by Gasteiger charge is -2.31. The Morgan fingerprint density at radius 3 is 2.78 bits per heavy atom. The smallest absolute Gasteiger partial charge is 0.243 e. The standard InChI is InChI=1S/C25H28ClFN4O5/c1-6-19(32)29-14-7-8-35-12-13(14)9-18-28-11-17-23(30-18)31-24(36-17)25(2,3)20-21(26)15(33-4)10-16(34-5)22(20)27/h6,10-11,13-14H,1,7-9,12H2,2-5H3,(H,29,32). The second kappa shape index (κ2) is 10.4. The molecular weight excluding hydrogens is 491 g/mol. The maximum absolute atomic E-state index is 15.4. The van der Waals surface area contributed by atoms with Crippen LogP contribution >= 0.6 is 11.6 Å². The molecule has 3 aromatic rings. The minimum absolute atomic E-state index is 0.00897. The van der Waals surface area contributed by atoms with Crippen molar-refractivity contribution in [2.24, 2.45) is 5.92 Å². The quantitative estimate of drug-likeness (QED) is 0.446. The van der Waals surface area contributed by atoms with Crippen LogP contribution in [-0.2, 0) is 21.4 Å². The van der Waals surface area contributed by atoms with Gasteiger partial charge in [0.25, 0.3) is 0 Å². The maximum atomic E-state index is 15.4. The Balaban J connectivity index is 1.66. The maximum Gasteiger partial charge on any atom is 0.243 e. The van der Waals surface area contributed by atoms with E-state index in [1.807, 2.05) is 0 Å². The molecule has 11 heteroatoms. The number of hydrogen-bond donors (Lipinski definition) is 1. The number of oxazole rings is 1. The van der Waals surface area contributed by atoms with Crippen molar-refractivity contribution in [2.75, 3.05) is 27.4 Å². The average molecular weight is 519 g/mol. The molecule has 9 nitrogen and oxygen atoms in total. The number of benzene rings is 1. The normalized spacial score (nSPS) is 18.2. The van der Waals surface area contributed by atoms with E-state index in [1.54, 1.807) is 13.8 Å². The fourth-order valence-electron chi connectivity index (χ4n) is 4.34. The van der Waals surface area contributed by atoms with Crippen molar-refractivity contribution < 1.29 is 27.8 Å². The number of amides is 1. The lowest BCUT2D eigenvalue weighted by Crippen LogP contribution is -2.46. The Bertz CT molecular complexity index is 1270. The predicted octanol–water partition coefficient (Wildman–Crippen LogP) is 4.00. The van der Waals surface area contributed by atoms with Gasteiger partial charge in [-0.25, -0.2) is 14.4 Å². The first-order chi connectivity index (χ1) is 17.2. The Labute approximate surface area is 213 Å². The Kier molecular flexibility index (Phi) is 7.46. The molecule has 1 aliphatic rings. The number of nitrogens with zero attached hydrogens (tertiary/aromatic N) is 3. The highest BCUT2D eigenvalue weighted by Gasteiger charge is 2.37. The van der Waals surface area contributed by atoms with Gasteiger partial charge in [0.2, 0.25) is 17.4 Å². The molecule has 1 saturated heterocycles. The van der Waals surface area contributed by atoms with E-state index < -0.39 is 11.2 Å². The number of aromatic nitrogens is 3. The molecule has 3 heterocycles. The molecule has 192 valence electrons. The van der Waals surface area contributed by atoms with Crippen LogP contribution in [0.3, 0.4) is 0 Å². The van der Waals surface area contributed by atoms with Gasteiger partial charge < -0.3 is 23.9 Å². The zero-order chi connectivity index (χ0) is 26.0. The van der Waals surface area contributed by atoms with E-state index in [0.717, 1.165) is 0 Å². The lowest BCUT2D eigenvalue weighted by atomic mass is 9.83. The van der Waals surface area contributed by atoms with Gasteiger partial charge in [-0.2, -0.15) is 4.98 Å². The number of ether oxygens (including phenoxy) is 3. The van der Waals surface area contributed by atoms with E-state index in [0.29, 0.717) is 43.1 Å². The van der Waals surface area contributed by atoms with E-state index in [1.165, 1.54) is 32.6 Å². The highest BCUT2D eigenvalue weighted by Crippen LogP contribution is 2.45. The highest BCUT2D eigenvalue weighted by molar-refractivity contribution is 6.33. The molecule has 0 spiro atoms. The van der Waals surface area contributed by atoms with Crippen LogP contribution in [0.25, 0.3) is 11.2 Å². The van der Waals surface area contributed by atoms with Gasteiger partial charge in [0, 0.05) is 36.6 Å². The molecular formula is C25H28ClFN4O5. The van der Waals surface area contributed by atoms with Crippen LogP contribution in [0.15, 0.2) is 29.3 Å². The number of nitrogens with one attached hydrogen (secondary N) is 1. The molecule has 1 aromatic carbocycles. The number of methoxy groups -OCH3 is 2. The van der Waals surface area contributed by atoms with Crippen molar-refractivity contribution in [3.8, 4) is 11.5 Å². The van der Waals surface area contributed by atoms with Crippen molar-refractivity contribution in [3.05, 3.63) is 53.0 Å². The Morgan fingerprint density at radius 1 is 1.33 bits per heavy atom. The van der Waals surface area contributed by atoms with Crippen LogP contribution in [0, 0.1) is 11.7 Å². The Hall–Kier alpha value is -3.24. The molecule has 0 bridgehead atoms. The van der Waals surface area contributed by atoms with Crippen LogP contribution < -0.4 is 14.8 Å². The van der Waals surface area contributed by atoms with Crippen LogP contribution in [0.4, 0.5) is 4.39 Å². The van der Waals surface area contributed by atoms with Crippen LogP contribution in [0.5, 0.6) is 11.5 Å². The van der Waals surface area contributed by atoms with Crippen molar-refractivity contribution in [1.82, 2.24) is 20.3 Å². The molecule has 4 rings (SSSR count). The summed E-state index contributed by atoms with van der Waals surface area (Å²) in [6.07, 6.45) is 3.94. The predicted molar refractivity (Wildman–Crippen MR) is 131 cm³/mol. The molecule has 1 aliphatic heterocycles. The summed E-state index contributed by atoms with van der Waals surface area (Å²) in [6, 6.07) is 1.31. The third-order valence-corrected chi connectivity index (χ3v) is 6.74. The minimum atomic E-state index is -1.10. The summed E-state index contributed by atoms with van der Waals surface area (Å²) in [5, 5.41) is 3.05. The van der Waals surface area contributed by atoms with Gasteiger partial charge in [-0.1, -0.05) is 18.2 Å². The average Bonchev–Trinajstić information content (AvgIpc) is 3.30. The summed E-state index contributed by atoms with van der Waals surface area (Å²) in [6.45, 7) is 8.02. The minimum Gasteiger partial charge on any atom is -0.495 e. The second-order valence-electron chi connectivity index (χ2n) is 9.05. The van der Waals surface area contributed by atoms with Gasteiger partial charge in [0.1, 0.15) is 11.6 Å². The van der Waals surface area contributed by atoms with Crippen LogP contribution in [-0.4, -0.2) is 54.3 Å². The zero-order valence-electron chi connectivity index (χ0n) is 20.6. The van der Waals surface area contributed by atoms with E-state index in [4.69, 9.17) is 30.2 Å². The number of carbonyl (C=O) groups is 1. The monoisotopic (exact) mass is 518 g/mol. The fourth-order valence-corrected chi connectivity index (χ4v) is 4.79. The van der Waals surface area contributed by atoms with Gasteiger partial charge in [0.15, 0.2) is 17.1 Å². The zero-order valence-corrected chi connectivity index (χ0v) is 21.3. The van der Waals surface area contributed by atoms with Gasteiger partial charge in [0.05, 0.1) is 37.5 Å². The van der Waals surface area contributed by atoms with E-state index in [2.05, 4.69) is 26.8 Å². The van der Waals surface area contributed by atoms with Crippen molar-refractivity contribution in [3.63, 3.8) is 0 Å². The lowest BCUT2D eigenvalue weighted by molar-refractivity contribution is -0.118. The Morgan fingerprint density at radius 2 is 2.08 bits per heavy atom. The molecule has 1 N–H and O–H groups in total. The van der Waals surface area contributed by atoms with Gasteiger partial charge in [-0.3, -0.25) is 4.79 Å². The van der Waals surface area contributed by atoms with Crippen LogP contribution in [0.1, 0.15) is 37.5 Å². The number of rotatable bonds is 8. The summed E-state index contributed by atoms with van der Waals surface area (Å²) >= 11 is 6.50. The first-order valence-corrected chi connectivity index (χ1v) is 11.8. The molecule has 1 amide bonds. The molecule has 1 fully saturated rings. The first-order valence-electron chi connectivity index (χ1n) is 11.4. The highest BCUT2D eigenvalue weighted by atomic mass is 35.5. The van der Waals surface area contributed by atoms with Crippen molar-refractivity contribution >= 4 is 28.7 Å². The summed E-state index contributed by atoms with van der Waals surface area (Å²) in [5.74, 6) is 0.117. The third kappa shape index (κ3) is 4.87. The number of hydrogen-bond acceptors (Lipinski definition) is 8. The summed E-state index contributed by atoms with van der Waals surface area (Å²) in [7, 11) is 2.81. The van der Waals surface area contributed by atoms with E-state index in [9.17, 15) is 4.79 Å². The molecule has 0 aliphatic carbocycles.